The van der Waals surface area contributed by atoms with Crippen molar-refractivity contribution < 1.29 is 14.8 Å². The number of piperidine rings is 1. The Morgan fingerprint density at radius 2 is 2.25 bits per heavy atom. The van der Waals surface area contributed by atoms with Crippen molar-refractivity contribution in [1.29, 1.82) is 0 Å². The highest BCUT2D eigenvalue weighted by molar-refractivity contribution is 6.32. The summed E-state index contributed by atoms with van der Waals surface area (Å²) in [6, 6.07) is 3.98. The molecule has 1 aliphatic rings. The predicted molar refractivity (Wildman–Crippen MR) is 73.9 cm³/mol. The standard InChI is InChI=1S/C13H15ClN2O4/c1-13(18)5-2-6-15(8-13)12(17)9-3-4-10(14)11(7-9)16(19)20/h3-4,7,18H,2,5-6,8H2,1H3. The average molecular weight is 299 g/mol. The number of halogens is 1. The SMILES string of the molecule is CC1(O)CCCN(C(=O)c2ccc(Cl)c([N+](=O)[O-])c2)C1. The maximum absolute atomic E-state index is 12.3. The molecular weight excluding hydrogens is 284 g/mol. The maximum atomic E-state index is 12.3. The number of hydrogen-bond donors (Lipinski definition) is 1. The van der Waals surface area contributed by atoms with Crippen LogP contribution in [0.2, 0.25) is 5.02 Å². The zero-order valence-corrected chi connectivity index (χ0v) is 11.8. The van der Waals surface area contributed by atoms with Gasteiger partial charge < -0.3 is 10.0 Å². The molecule has 0 radical (unpaired) electrons. The second-order valence-electron chi connectivity index (χ2n) is 5.25. The zero-order valence-electron chi connectivity index (χ0n) is 11.0. The van der Waals surface area contributed by atoms with Crippen LogP contribution in [0.3, 0.4) is 0 Å². The second kappa shape index (κ2) is 5.38. The summed E-state index contributed by atoms with van der Waals surface area (Å²) in [5, 5.41) is 20.8. The Bertz CT molecular complexity index is 559. The maximum Gasteiger partial charge on any atom is 0.288 e. The van der Waals surface area contributed by atoms with Gasteiger partial charge in [-0.3, -0.25) is 14.9 Å². The van der Waals surface area contributed by atoms with Crippen LogP contribution in [0.5, 0.6) is 0 Å². The van der Waals surface area contributed by atoms with E-state index in [-0.39, 0.29) is 28.7 Å². The number of nitro benzene ring substituents is 1. The van der Waals surface area contributed by atoms with Crippen LogP contribution in [0.1, 0.15) is 30.1 Å². The fourth-order valence-electron chi connectivity index (χ4n) is 2.36. The van der Waals surface area contributed by atoms with Crippen molar-refractivity contribution in [1.82, 2.24) is 4.90 Å². The fourth-order valence-corrected chi connectivity index (χ4v) is 2.55. The normalized spacial score (nSPS) is 22.6. The average Bonchev–Trinajstić information content (AvgIpc) is 2.37. The molecule has 1 aliphatic heterocycles. The van der Waals surface area contributed by atoms with E-state index in [1.54, 1.807) is 6.92 Å². The Hall–Kier alpha value is -1.66. The fraction of sp³-hybridized carbons (Fsp3) is 0.462. The number of likely N-dealkylation sites (tertiary alicyclic amines) is 1. The minimum atomic E-state index is -0.910. The van der Waals surface area contributed by atoms with Gasteiger partial charge in [-0.05, 0) is 31.9 Å². The molecule has 0 saturated carbocycles. The molecule has 1 fully saturated rings. The van der Waals surface area contributed by atoms with Crippen LogP contribution >= 0.6 is 11.6 Å². The molecule has 1 saturated heterocycles. The summed E-state index contributed by atoms with van der Waals surface area (Å²) < 4.78 is 0. The van der Waals surface area contributed by atoms with Crippen LogP contribution in [-0.4, -0.2) is 39.5 Å². The lowest BCUT2D eigenvalue weighted by Gasteiger charge is -2.36. The third-order valence-electron chi connectivity index (χ3n) is 3.35. The number of amides is 1. The Kier molecular flexibility index (Phi) is 3.96. The molecule has 1 N–H and O–H groups in total. The molecule has 0 aromatic heterocycles. The molecule has 20 heavy (non-hydrogen) atoms. The van der Waals surface area contributed by atoms with Crippen LogP contribution in [0.25, 0.3) is 0 Å². The van der Waals surface area contributed by atoms with Gasteiger partial charge in [-0.1, -0.05) is 11.6 Å². The summed E-state index contributed by atoms with van der Waals surface area (Å²) in [5.41, 5.74) is -0.994. The largest absolute Gasteiger partial charge is 0.388 e. The first-order valence-electron chi connectivity index (χ1n) is 6.26. The van der Waals surface area contributed by atoms with Crippen molar-refractivity contribution in [2.24, 2.45) is 0 Å². The predicted octanol–water partition coefficient (Wildman–Crippen LogP) is 2.24. The number of aliphatic hydroxyl groups is 1. The first-order chi connectivity index (χ1) is 9.30. The summed E-state index contributed by atoms with van der Waals surface area (Å²) >= 11 is 5.72. The van der Waals surface area contributed by atoms with Gasteiger partial charge in [0.2, 0.25) is 0 Å². The topological polar surface area (TPSA) is 83.7 Å². The van der Waals surface area contributed by atoms with E-state index in [0.717, 1.165) is 0 Å². The monoisotopic (exact) mass is 298 g/mol. The van der Waals surface area contributed by atoms with Crippen LogP contribution < -0.4 is 0 Å². The second-order valence-corrected chi connectivity index (χ2v) is 5.66. The van der Waals surface area contributed by atoms with Gasteiger partial charge in [-0.15, -0.1) is 0 Å². The lowest BCUT2D eigenvalue weighted by Crippen LogP contribution is -2.48. The molecule has 1 aromatic carbocycles. The van der Waals surface area contributed by atoms with Crippen molar-refractivity contribution in [2.45, 2.75) is 25.4 Å². The number of benzene rings is 1. The minimum Gasteiger partial charge on any atom is -0.388 e. The highest BCUT2D eigenvalue weighted by Gasteiger charge is 2.31. The molecule has 1 amide bonds. The van der Waals surface area contributed by atoms with Crippen LogP contribution in [0.15, 0.2) is 18.2 Å². The number of carbonyl (C=O) groups is 1. The number of nitro groups is 1. The van der Waals surface area contributed by atoms with Crippen LogP contribution in [0, 0.1) is 10.1 Å². The summed E-state index contributed by atoms with van der Waals surface area (Å²) in [4.78, 5) is 24.0. The molecule has 1 atom stereocenters. The zero-order chi connectivity index (χ0) is 14.9. The molecule has 1 aromatic rings. The van der Waals surface area contributed by atoms with Gasteiger partial charge in [0, 0.05) is 24.7 Å². The Morgan fingerprint density at radius 3 is 2.85 bits per heavy atom. The van der Waals surface area contributed by atoms with Gasteiger partial charge in [0.25, 0.3) is 11.6 Å². The van der Waals surface area contributed by atoms with Crippen molar-refractivity contribution in [3.05, 3.63) is 38.9 Å². The molecule has 1 heterocycles. The molecule has 2 rings (SSSR count). The van der Waals surface area contributed by atoms with Gasteiger partial charge in [-0.2, -0.15) is 0 Å². The summed E-state index contributed by atoms with van der Waals surface area (Å²) in [6.07, 6.45) is 1.34. The van der Waals surface area contributed by atoms with Gasteiger partial charge >= 0.3 is 0 Å². The number of carbonyl (C=O) groups excluding carboxylic acids is 1. The number of rotatable bonds is 2. The third-order valence-corrected chi connectivity index (χ3v) is 3.67. The number of hydrogen-bond acceptors (Lipinski definition) is 4. The van der Waals surface area contributed by atoms with Crippen LogP contribution in [-0.2, 0) is 0 Å². The smallest absolute Gasteiger partial charge is 0.288 e. The minimum absolute atomic E-state index is 0.00260. The molecule has 7 heteroatoms. The summed E-state index contributed by atoms with van der Waals surface area (Å²) in [7, 11) is 0. The molecule has 0 bridgehead atoms. The van der Waals surface area contributed by atoms with E-state index in [1.807, 2.05) is 0 Å². The quantitative estimate of drug-likeness (QED) is 0.670. The van der Waals surface area contributed by atoms with E-state index >= 15 is 0 Å². The molecule has 1 unspecified atom stereocenters. The van der Waals surface area contributed by atoms with Crippen molar-refractivity contribution in [3.8, 4) is 0 Å². The Morgan fingerprint density at radius 1 is 1.55 bits per heavy atom. The van der Waals surface area contributed by atoms with Crippen molar-refractivity contribution in [3.63, 3.8) is 0 Å². The summed E-state index contributed by atoms with van der Waals surface area (Å²) in [5.74, 6) is -0.329. The Labute approximate surface area is 121 Å². The highest BCUT2D eigenvalue weighted by atomic mass is 35.5. The van der Waals surface area contributed by atoms with E-state index in [9.17, 15) is 20.0 Å². The first kappa shape index (κ1) is 14.7. The number of β-amino-alcohol motifs (C(OH)–C–C–N with tert-alkyl or cyclic N) is 1. The van der Waals surface area contributed by atoms with E-state index < -0.39 is 10.5 Å². The molecule has 0 spiro atoms. The Balaban J connectivity index is 2.25. The van der Waals surface area contributed by atoms with E-state index in [1.165, 1.54) is 23.1 Å². The van der Waals surface area contributed by atoms with E-state index in [2.05, 4.69) is 0 Å². The lowest BCUT2D eigenvalue weighted by molar-refractivity contribution is -0.384. The van der Waals surface area contributed by atoms with Gasteiger partial charge in [0.1, 0.15) is 5.02 Å². The van der Waals surface area contributed by atoms with Gasteiger partial charge in [0.05, 0.1) is 10.5 Å². The molecular formula is C13H15ClN2O4. The van der Waals surface area contributed by atoms with E-state index in [0.29, 0.717) is 19.4 Å². The number of nitrogens with zero attached hydrogens (tertiary/aromatic N) is 2. The summed E-state index contributed by atoms with van der Waals surface area (Å²) in [6.45, 7) is 2.43. The molecule has 6 nitrogen and oxygen atoms in total. The first-order valence-corrected chi connectivity index (χ1v) is 6.63. The van der Waals surface area contributed by atoms with Crippen LogP contribution in [0.4, 0.5) is 5.69 Å². The third kappa shape index (κ3) is 3.08. The van der Waals surface area contributed by atoms with Crippen molar-refractivity contribution >= 4 is 23.2 Å². The van der Waals surface area contributed by atoms with Gasteiger partial charge in [0.15, 0.2) is 0 Å². The van der Waals surface area contributed by atoms with E-state index in [4.69, 9.17) is 11.6 Å². The molecule has 108 valence electrons. The highest BCUT2D eigenvalue weighted by Crippen LogP contribution is 2.27. The van der Waals surface area contributed by atoms with Crippen molar-refractivity contribution in [2.75, 3.05) is 13.1 Å². The lowest BCUT2D eigenvalue weighted by atomic mass is 9.94. The van der Waals surface area contributed by atoms with Gasteiger partial charge in [-0.25, -0.2) is 0 Å². The molecule has 0 aliphatic carbocycles.